The highest BCUT2D eigenvalue weighted by atomic mass is 35.5. The number of nitrogens with one attached hydrogen (secondary N) is 1. The number of hydrogen-bond acceptors (Lipinski definition) is 2. The summed E-state index contributed by atoms with van der Waals surface area (Å²) in [7, 11) is 0. The monoisotopic (exact) mass is 330 g/mol. The van der Waals surface area contributed by atoms with E-state index in [0.717, 1.165) is 41.9 Å². The summed E-state index contributed by atoms with van der Waals surface area (Å²) in [6.45, 7) is 3.87. The molecule has 0 aliphatic carbocycles. The van der Waals surface area contributed by atoms with E-state index in [1.54, 1.807) is 0 Å². The maximum absolute atomic E-state index is 6.15. The van der Waals surface area contributed by atoms with Crippen molar-refractivity contribution in [2.75, 3.05) is 13.2 Å². The molecule has 1 N–H and O–H groups in total. The van der Waals surface area contributed by atoms with Gasteiger partial charge >= 0.3 is 0 Å². The molecule has 2 aromatic rings. The molecule has 1 aromatic carbocycles. The van der Waals surface area contributed by atoms with Gasteiger partial charge in [-0.05, 0) is 50.0 Å². The van der Waals surface area contributed by atoms with E-state index in [2.05, 4.69) is 16.5 Å². The Morgan fingerprint density at radius 2 is 1.95 bits per heavy atom. The van der Waals surface area contributed by atoms with Crippen LogP contribution in [0.2, 0.25) is 10.0 Å². The van der Waals surface area contributed by atoms with E-state index < -0.39 is 0 Å². The Balaban J connectivity index is 2.08. The minimum absolute atomic E-state index is 0.317. The van der Waals surface area contributed by atoms with Crippen molar-refractivity contribution in [3.05, 3.63) is 26.9 Å². The number of imidazole rings is 1. The number of ether oxygens (including phenoxy) is 1. The first kappa shape index (κ1) is 14.4. The second-order valence-corrected chi connectivity index (χ2v) is 6.48. The zero-order chi connectivity index (χ0) is 14.3. The lowest BCUT2D eigenvalue weighted by Crippen LogP contribution is -2.24. The third kappa shape index (κ3) is 2.50. The van der Waals surface area contributed by atoms with Gasteiger partial charge in [0.25, 0.3) is 0 Å². The SMILES string of the molecule is CC(C1CCOCC1)n1c(=S)[nH]c2cc(Cl)c(Cl)cc21. The van der Waals surface area contributed by atoms with E-state index in [1.807, 2.05) is 12.1 Å². The first-order valence-corrected chi connectivity index (χ1v) is 7.91. The number of nitrogens with zero attached hydrogens (tertiary/aromatic N) is 1. The lowest BCUT2D eigenvalue weighted by atomic mass is 9.92. The van der Waals surface area contributed by atoms with Crippen LogP contribution in [0.4, 0.5) is 0 Å². The fraction of sp³-hybridized carbons (Fsp3) is 0.500. The fourth-order valence-corrected chi connectivity index (χ4v) is 3.63. The Hall–Kier alpha value is -0.550. The molecule has 1 aliphatic heterocycles. The second kappa shape index (κ2) is 5.68. The van der Waals surface area contributed by atoms with Crippen molar-refractivity contribution in [3.8, 4) is 0 Å². The van der Waals surface area contributed by atoms with Gasteiger partial charge in [-0.3, -0.25) is 0 Å². The zero-order valence-corrected chi connectivity index (χ0v) is 13.5. The molecule has 1 aromatic heterocycles. The molecule has 108 valence electrons. The summed E-state index contributed by atoms with van der Waals surface area (Å²) in [5.41, 5.74) is 1.95. The number of H-pyrrole nitrogens is 1. The minimum atomic E-state index is 0.317. The number of rotatable bonds is 2. The maximum Gasteiger partial charge on any atom is 0.178 e. The van der Waals surface area contributed by atoms with Crippen LogP contribution < -0.4 is 0 Å². The molecule has 1 fully saturated rings. The van der Waals surface area contributed by atoms with Crippen LogP contribution in [0.15, 0.2) is 12.1 Å². The first-order chi connectivity index (χ1) is 9.58. The zero-order valence-electron chi connectivity index (χ0n) is 11.2. The van der Waals surface area contributed by atoms with Crippen molar-refractivity contribution in [3.63, 3.8) is 0 Å². The van der Waals surface area contributed by atoms with Gasteiger partial charge in [0.05, 0.1) is 21.1 Å². The van der Waals surface area contributed by atoms with E-state index in [0.29, 0.717) is 22.0 Å². The van der Waals surface area contributed by atoms with Gasteiger partial charge in [-0.1, -0.05) is 23.2 Å². The third-order valence-corrected chi connectivity index (χ3v) is 5.13. The number of fused-ring (bicyclic) bond motifs is 1. The smallest absolute Gasteiger partial charge is 0.178 e. The summed E-state index contributed by atoms with van der Waals surface area (Å²) >= 11 is 17.7. The van der Waals surface area contributed by atoms with Crippen molar-refractivity contribution in [1.29, 1.82) is 0 Å². The van der Waals surface area contributed by atoms with Crippen LogP contribution in [0.3, 0.4) is 0 Å². The van der Waals surface area contributed by atoms with Crippen LogP contribution in [0.25, 0.3) is 11.0 Å². The van der Waals surface area contributed by atoms with Crippen LogP contribution in [-0.4, -0.2) is 22.8 Å². The van der Waals surface area contributed by atoms with E-state index >= 15 is 0 Å². The predicted octanol–water partition coefficient (Wildman–Crippen LogP) is 4.99. The molecule has 6 heteroatoms. The van der Waals surface area contributed by atoms with Gasteiger partial charge in [0.1, 0.15) is 0 Å². The van der Waals surface area contributed by atoms with Gasteiger partial charge in [-0.2, -0.15) is 0 Å². The number of halogens is 2. The molecule has 1 atom stereocenters. The Bertz CT molecular complexity index is 688. The Morgan fingerprint density at radius 3 is 2.65 bits per heavy atom. The molecule has 20 heavy (non-hydrogen) atoms. The van der Waals surface area contributed by atoms with E-state index in [1.165, 1.54) is 0 Å². The summed E-state index contributed by atoms with van der Waals surface area (Å²) in [5.74, 6) is 0.573. The highest BCUT2D eigenvalue weighted by molar-refractivity contribution is 7.71. The normalized spacial score (nSPS) is 18.6. The van der Waals surface area contributed by atoms with E-state index in [9.17, 15) is 0 Å². The molecule has 0 amide bonds. The maximum atomic E-state index is 6.15. The molecular formula is C14H16Cl2N2OS. The topological polar surface area (TPSA) is 29.9 Å². The molecule has 3 rings (SSSR count). The molecule has 1 aliphatic rings. The summed E-state index contributed by atoms with van der Waals surface area (Å²) in [6.07, 6.45) is 2.13. The van der Waals surface area contributed by atoms with Crippen molar-refractivity contribution < 1.29 is 4.74 Å². The average Bonchev–Trinajstić information content (AvgIpc) is 2.75. The van der Waals surface area contributed by atoms with Crippen LogP contribution in [0.5, 0.6) is 0 Å². The highest BCUT2D eigenvalue weighted by Crippen LogP contribution is 2.33. The predicted molar refractivity (Wildman–Crippen MR) is 85.4 cm³/mol. The second-order valence-electron chi connectivity index (χ2n) is 5.27. The Morgan fingerprint density at radius 1 is 1.30 bits per heavy atom. The average molecular weight is 331 g/mol. The van der Waals surface area contributed by atoms with Crippen LogP contribution >= 0.6 is 35.4 Å². The van der Waals surface area contributed by atoms with Crippen molar-refractivity contribution in [2.45, 2.75) is 25.8 Å². The summed E-state index contributed by atoms with van der Waals surface area (Å²) in [5, 5.41) is 1.10. The number of aromatic amines is 1. The summed E-state index contributed by atoms with van der Waals surface area (Å²) in [4.78, 5) is 3.22. The first-order valence-electron chi connectivity index (χ1n) is 6.75. The number of aromatic nitrogens is 2. The van der Waals surface area contributed by atoms with Gasteiger partial charge in [-0.15, -0.1) is 0 Å². The fourth-order valence-electron chi connectivity index (χ4n) is 2.93. The van der Waals surface area contributed by atoms with Gasteiger partial charge in [0.2, 0.25) is 0 Å². The molecule has 0 bridgehead atoms. The molecule has 1 saturated heterocycles. The number of benzene rings is 1. The lowest BCUT2D eigenvalue weighted by molar-refractivity contribution is 0.0517. The van der Waals surface area contributed by atoms with E-state index in [4.69, 9.17) is 40.2 Å². The molecule has 0 radical (unpaired) electrons. The van der Waals surface area contributed by atoms with Crippen LogP contribution in [-0.2, 0) is 4.74 Å². The van der Waals surface area contributed by atoms with Gasteiger partial charge in [-0.25, -0.2) is 0 Å². The van der Waals surface area contributed by atoms with Gasteiger partial charge in [0.15, 0.2) is 4.77 Å². The molecule has 0 spiro atoms. The minimum Gasteiger partial charge on any atom is -0.381 e. The highest BCUT2D eigenvalue weighted by Gasteiger charge is 2.24. The lowest BCUT2D eigenvalue weighted by Gasteiger charge is -2.29. The van der Waals surface area contributed by atoms with Gasteiger partial charge in [0, 0.05) is 19.3 Å². The number of hydrogen-bond donors (Lipinski definition) is 1. The summed E-state index contributed by atoms with van der Waals surface area (Å²) in [6, 6.07) is 4.04. The third-order valence-electron chi connectivity index (χ3n) is 4.11. The van der Waals surface area contributed by atoms with Crippen molar-refractivity contribution >= 4 is 46.5 Å². The standard InChI is InChI=1S/C14H16Cl2N2OS/c1-8(9-2-4-19-5-3-9)18-13-7-11(16)10(15)6-12(13)17-14(18)20/h6-9H,2-5H2,1H3,(H,17,20). The summed E-state index contributed by atoms with van der Waals surface area (Å²) < 4.78 is 8.31. The molecular weight excluding hydrogens is 315 g/mol. The Kier molecular flexibility index (Phi) is 4.09. The molecule has 3 nitrogen and oxygen atoms in total. The molecule has 2 heterocycles. The molecule has 0 saturated carbocycles. The van der Waals surface area contributed by atoms with Crippen molar-refractivity contribution in [1.82, 2.24) is 9.55 Å². The largest absolute Gasteiger partial charge is 0.381 e. The Labute approximate surface area is 132 Å². The van der Waals surface area contributed by atoms with Crippen LogP contribution in [0, 0.1) is 10.7 Å². The van der Waals surface area contributed by atoms with Crippen molar-refractivity contribution in [2.24, 2.45) is 5.92 Å². The molecule has 1 unspecified atom stereocenters. The quantitative estimate of drug-likeness (QED) is 0.786. The van der Waals surface area contributed by atoms with Crippen LogP contribution in [0.1, 0.15) is 25.8 Å². The van der Waals surface area contributed by atoms with Gasteiger partial charge < -0.3 is 14.3 Å². The van der Waals surface area contributed by atoms with E-state index in [-0.39, 0.29) is 0 Å².